The Balaban J connectivity index is 1.83. The number of aromatic nitrogens is 1. The number of hydrogen-bond donors (Lipinski definition) is 2. The van der Waals surface area contributed by atoms with Gasteiger partial charge in [0.25, 0.3) is 0 Å². The predicted molar refractivity (Wildman–Crippen MR) is 157 cm³/mol. The van der Waals surface area contributed by atoms with Gasteiger partial charge in [-0.15, -0.1) is 0 Å². The van der Waals surface area contributed by atoms with E-state index in [1.54, 1.807) is 12.1 Å². The highest BCUT2D eigenvalue weighted by atomic mass is 16.3. The maximum absolute atomic E-state index is 10.7. The normalized spacial score (nSPS) is 11.3. The molecule has 1 aromatic heterocycles. The summed E-state index contributed by atoms with van der Waals surface area (Å²) in [6.07, 6.45) is 0. The Morgan fingerprint density at radius 3 is 1.39 bits per heavy atom. The lowest BCUT2D eigenvalue weighted by molar-refractivity contribution is 0.477. The number of hydrogen-bond acceptors (Lipinski definition) is 3. The first kappa shape index (κ1) is 25.3. The van der Waals surface area contributed by atoms with E-state index in [1.807, 2.05) is 42.5 Å². The summed E-state index contributed by atoms with van der Waals surface area (Å²) in [6, 6.07) is 33.8. The fourth-order valence-corrected chi connectivity index (χ4v) is 5.06. The molecule has 0 aliphatic rings. The van der Waals surface area contributed by atoms with Crippen LogP contribution in [0.3, 0.4) is 0 Å². The van der Waals surface area contributed by atoms with Gasteiger partial charge in [0, 0.05) is 11.1 Å². The predicted octanol–water partition coefficient (Wildman–Crippen LogP) is 9.41. The van der Waals surface area contributed by atoms with Gasteiger partial charge in [-0.05, 0) is 81.6 Å². The minimum Gasteiger partial charge on any atom is -0.507 e. The molecule has 3 heteroatoms. The first-order chi connectivity index (χ1) is 18.3. The molecule has 0 fully saturated rings. The molecule has 0 saturated heterocycles. The van der Waals surface area contributed by atoms with Gasteiger partial charge in [0.1, 0.15) is 11.5 Å². The van der Waals surface area contributed by atoms with Crippen molar-refractivity contribution in [1.82, 2.24) is 4.98 Å². The molecule has 2 N–H and O–H groups in total. The molecule has 1 heterocycles. The Kier molecular flexibility index (Phi) is 7.02. The van der Waals surface area contributed by atoms with Crippen LogP contribution in [0, 0.1) is 0 Å². The molecule has 5 rings (SSSR count). The summed E-state index contributed by atoms with van der Waals surface area (Å²) in [7, 11) is 0. The van der Waals surface area contributed by atoms with E-state index in [0.29, 0.717) is 22.5 Å². The third-order valence-corrected chi connectivity index (χ3v) is 7.02. The zero-order valence-electron chi connectivity index (χ0n) is 22.3. The molecule has 0 radical (unpaired) electrons. The zero-order chi connectivity index (χ0) is 26.8. The van der Waals surface area contributed by atoms with Gasteiger partial charge in [-0.1, -0.05) is 94.4 Å². The van der Waals surface area contributed by atoms with Gasteiger partial charge in [-0.25, -0.2) is 4.98 Å². The van der Waals surface area contributed by atoms with Crippen molar-refractivity contribution in [3.63, 3.8) is 0 Å². The first-order valence-electron chi connectivity index (χ1n) is 13.2. The molecule has 0 aliphatic carbocycles. The molecule has 0 saturated carbocycles. The van der Waals surface area contributed by atoms with E-state index in [-0.39, 0.29) is 23.3 Å². The van der Waals surface area contributed by atoms with E-state index in [4.69, 9.17) is 4.98 Å². The number of aromatic hydroxyl groups is 2. The molecule has 0 aliphatic heterocycles. The Hall–Kier alpha value is -4.37. The first-order valence-corrected chi connectivity index (χ1v) is 13.2. The van der Waals surface area contributed by atoms with Gasteiger partial charge >= 0.3 is 0 Å². The summed E-state index contributed by atoms with van der Waals surface area (Å²) in [6.45, 7) is 8.92. The summed E-state index contributed by atoms with van der Waals surface area (Å²) in [4.78, 5) is 4.92. The van der Waals surface area contributed by atoms with Crippen molar-refractivity contribution in [2.45, 2.75) is 39.5 Å². The van der Waals surface area contributed by atoms with Crippen LogP contribution in [0.25, 0.3) is 44.8 Å². The van der Waals surface area contributed by atoms with E-state index in [0.717, 1.165) is 5.56 Å². The maximum atomic E-state index is 10.7. The second-order valence-electron chi connectivity index (χ2n) is 10.4. The molecule has 0 atom stereocenters. The molecule has 0 bridgehead atoms. The van der Waals surface area contributed by atoms with Crippen LogP contribution >= 0.6 is 0 Å². The number of para-hydroxylation sites is 2. The van der Waals surface area contributed by atoms with Gasteiger partial charge in [0.05, 0.1) is 11.4 Å². The van der Waals surface area contributed by atoms with Gasteiger partial charge < -0.3 is 10.2 Å². The fourth-order valence-electron chi connectivity index (χ4n) is 5.06. The topological polar surface area (TPSA) is 53.4 Å². The summed E-state index contributed by atoms with van der Waals surface area (Å²) in [5, 5.41) is 21.4. The molecular formula is C35H33NO2. The van der Waals surface area contributed by atoms with Crippen molar-refractivity contribution in [1.29, 1.82) is 0 Å². The summed E-state index contributed by atoms with van der Waals surface area (Å²) >= 11 is 0. The van der Waals surface area contributed by atoms with Gasteiger partial charge in [-0.2, -0.15) is 0 Å². The van der Waals surface area contributed by atoms with Gasteiger partial charge in [-0.3, -0.25) is 0 Å². The molecule has 0 unspecified atom stereocenters. The average molecular weight is 500 g/mol. The van der Waals surface area contributed by atoms with Crippen LogP contribution in [0.1, 0.15) is 50.7 Å². The van der Waals surface area contributed by atoms with Gasteiger partial charge in [0.15, 0.2) is 0 Å². The molecule has 4 aromatic carbocycles. The Labute approximate surface area is 225 Å². The third kappa shape index (κ3) is 4.92. The van der Waals surface area contributed by atoms with Crippen LogP contribution in [-0.2, 0) is 0 Å². The fraction of sp³-hybridized carbons (Fsp3) is 0.171. The molecule has 190 valence electrons. The maximum Gasteiger partial charge on any atom is 0.124 e. The number of phenolic OH excluding ortho intramolecular Hbond substituents is 2. The lowest BCUT2D eigenvalue weighted by atomic mass is 9.82. The Morgan fingerprint density at radius 2 is 0.947 bits per heavy atom. The number of rotatable bonds is 6. The molecule has 3 nitrogen and oxygen atoms in total. The van der Waals surface area contributed by atoms with E-state index in [9.17, 15) is 10.2 Å². The highest BCUT2D eigenvalue weighted by Crippen LogP contribution is 2.43. The van der Waals surface area contributed by atoms with E-state index in [2.05, 4.69) is 76.2 Å². The van der Waals surface area contributed by atoms with Crippen molar-refractivity contribution < 1.29 is 10.2 Å². The van der Waals surface area contributed by atoms with Crippen molar-refractivity contribution >= 4 is 0 Å². The largest absolute Gasteiger partial charge is 0.507 e. The van der Waals surface area contributed by atoms with E-state index >= 15 is 0 Å². The van der Waals surface area contributed by atoms with Crippen LogP contribution in [-0.4, -0.2) is 15.2 Å². The third-order valence-electron chi connectivity index (χ3n) is 7.02. The Bertz CT molecular complexity index is 1490. The van der Waals surface area contributed by atoms with E-state index < -0.39 is 0 Å². The van der Waals surface area contributed by atoms with Crippen molar-refractivity contribution in [3.8, 4) is 56.3 Å². The number of phenols is 2. The Morgan fingerprint density at radius 1 is 0.500 bits per heavy atom. The highest BCUT2D eigenvalue weighted by molar-refractivity contribution is 5.84. The number of pyridine rings is 1. The molecule has 0 amide bonds. The number of nitrogens with zero attached hydrogens (tertiary/aromatic N) is 1. The second-order valence-corrected chi connectivity index (χ2v) is 10.4. The van der Waals surface area contributed by atoms with Gasteiger partial charge in [0.2, 0.25) is 0 Å². The van der Waals surface area contributed by atoms with Crippen LogP contribution in [0.5, 0.6) is 11.5 Å². The second kappa shape index (κ2) is 10.5. The summed E-state index contributed by atoms with van der Waals surface area (Å²) in [5.41, 5.74) is 9.76. The molecule has 0 spiro atoms. The zero-order valence-corrected chi connectivity index (χ0v) is 22.3. The average Bonchev–Trinajstić information content (AvgIpc) is 2.93. The standard InChI is InChI=1S/C35H33NO2/c1-22(2)29-18-25(24-12-6-5-7-13-24)19-30(23(3)4)35(29)26-20-31(27-14-8-10-16-33(27)37)36-32(21-26)28-15-9-11-17-34(28)38/h5-23,37-38H,1-4H3. The van der Waals surface area contributed by atoms with Crippen molar-refractivity contribution in [2.24, 2.45) is 0 Å². The molecule has 38 heavy (non-hydrogen) atoms. The van der Waals surface area contributed by atoms with Crippen LogP contribution in [0.4, 0.5) is 0 Å². The lowest BCUT2D eigenvalue weighted by Gasteiger charge is -2.23. The monoisotopic (exact) mass is 499 g/mol. The SMILES string of the molecule is CC(C)c1cc(-c2ccccc2)cc(C(C)C)c1-c1cc(-c2ccccc2O)nc(-c2ccccc2O)c1. The van der Waals surface area contributed by atoms with Crippen molar-refractivity contribution in [3.05, 3.63) is 114 Å². The summed E-state index contributed by atoms with van der Waals surface area (Å²) in [5.74, 6) is 0.906. The molecule has 5 aromatic rings. The number of benzene rings is 4. The van der Waals surface area contributed by atoms with Crippen LogP contribution in [0.2, 0.25) is 0 Å². The molecular weight excluding hydrogens is 466 g/mol. The highest BCUT2D eigenvalue weighted by Gasteiger charge is 2.21. The van der Waals surface area contributed by atoms with Crippen LogP contribution in [0.15, 0.2) is 103 Å². The minimum atomic E-state index is 0.174. The van der Waals surface area contributed by atoms with Crippen molar-refractivity contribution in [2.75, 3.05) is 0 Å². The summed E-state index contributed by atoms with van der Waals surface area (Å²) < 4.78 is 0. The van der Waals surface area contributed by atoms with E-state index in [1.165, 1.54) is 27.8 Å². The minimum absolute atomic E-state index is 0.174. The quantitative estimate of drug-likeness (QED) is 0.245. The smallest absolute Gasteiger partial charge is 0.124 e. The lowest BCUT2D eigenvalue weighted by Crippen LogP contribution is -2.02. The van der Waals surface area contributed by atoms with Crippen LogP contribution < -0.4 is 0 Å².